The molecule has 1 N–H and O–H groups in total. The number of nitrogens with one attached hydrogen (secondary N) is 1. The lowest BCUT2D eigenvalue weighted by Crippen LogP contribution is -2.43. The van der Waals surface area contributed by atoms with E-state index in [2.05, 4.69) is 50.4 Å². The van der Waals surface area contributed by atoms with Crippen molar-refractivity contribution < 1.29 is 4.74 Å². The second-order valence-electron chi connectivity index (χ2n) is 8.29. The standard InChI is InChI=1S/C20H31N7O/c1-15(2)20-17(4-3-11-28-20)24-18-12-19(22-14-21-18)26-8-5-16(6-9-26)13-27-10-7-23-25-27/h7,10,12,14-17,20H,3-6,8-9,11,13H2,1-2H3,(H,21,22,24)/t17-,20-/m1/s1. The Morgan fingerprint density at radius 1 is 1.21 bits per heavy atom. The van der Waals surface area contributed by atoms with Crippen LogP contribution in [0.15, 0.2) is 24.8 Å². The fourth-order valence-electron chi connectivity index (χ4n) is 4.34. The van der Waals surface area contributed by atoms with Crippen LogP contribution in [-0.2, 0) is 11.3 Å². The smallest absolute Gasteiger partial charge is 0.134 e. The van der Waals surface area contributed by atoms with Crippen molar-refractivity contribution in [2.24, 2.45) is 11.8 Å². The molecule has 2 aliphatic rings. The topological polar surface area (TPSA) is 81.0 Å². The Balaban J connectivity index is 1.35. The first-order valence-electron chi connectivity index (χ1n) is 10.5. The van der Waals surface area contributed by atoms with Crippen LogP contribution in [0.1, 0.15) is 39.5 Å². The third-order valence-corrected chi connectivity index (χ3v) is 5.87. The number of hydrogen-bond donors (Lipinski definition) is 1. The van der Waals surface area contributed by atoms with Crippen LogP contribution in [0.25, 0.3) is 0 Å². The van der Waals surface area contributed by atoms with Crippen molar-refractivity contribution in [1.82, 2.24) is 25.0 Å². The third kappa shape index (κ3) is 4.60. The van der Waals surface area contributed by atoms with Gasteiger partial charge in [0.15, 0.2) is 0 Å². The van der Waals surface area contributed by atoms with Crippen LogP contribution >= 0.6 is 0 Å². The lowest BCUT2D eigenvalue weighted by atomic mass is 9.93. The molecule has 2 saturated heterocycles. The summed E-state index contributed by atoms with van der Waals surface area (Å²) in [6.07, 6.45) is 10.1. The van der Waals surface area contributed by atoms with Gasteiger partial charge in [0.25, 0.3) is 0 Å². The molecule has 0 radical (unpaired) electrons. The van der Waals surface area contributed by atoms with E-state index in [1.807, 2.05) is 10.9 Å². The fraction of sp³-hybridized carbons (Fsp3) is 0.700. The van der Waals surface area contributed by atoms with Crippen LogP contribution in [0.3, 0.4) is 0 Å². The van der Waals surface area contributed by atoms with Gasteiger partial charge in [-0.05, 0) is 37.5 Å². The van der Waals surface area contributed by atoms with Gasteiger partial charge in [-0.3, -0.25) is 4.68 Å². The van der Waals surface area contributed by atoms with Crippen molar-refractivity contribution in [3.05, 3.63) is 24.8 Å². The Morgan fingerprint density at radius 2 is 2.07 bits per heavy atom. The average Bonchev–Trinajstić information content (AvgIpc) is 3.22. The molecule has 0 aliphatic carbocycles. The Hall–Kier alpha value is -2.22. The maximum atomic E-state index is 6.00. The number of rotatable bonds is 6. The molecule has 0 saturated carbocycles. The first kappa shape index (κ1) is 19.1. The highest BCUT2D eigenvalue weighted by Crippen LogP contribution is 2.26. The predicted octanol–water partition coefficient (Wildman–Crippen LogP) is 2.60. The third-order valence-electron chi connectivity index (χ3n) is 5.87. The maximum absolute atomic E-state index is 6.00. The Kier molecular flexibility index (Phi) is 6.04. The minimum Gasteiger partial charge on any atom is -0.376 e. The normalized spacial score (nSPS) is 23.9. The SMILES string of the molecule is CC(C)[C@H]1OCCC[C@H]1Nc1cc(N2CCC(Cn3ccnn3)CC2)ncn1. The van der Waals surface area contributed by atoms with Gasteiger partial charge in [-0.1, -0.05) is 19.1 Å². The van der Waals surface area contributed by atoms with Gasteiger partial charge in [-0.2, -0.15) is 0 Å². The van der Waals surface area contributed by atoms with E-state index in [-0.39, 0.29) is 6.10 Å². The average molecular weight is 386 g/mol. The van der Waals surface area contributed by atoms with Gasteiger partial charge in [-0.15, -0.1) is 5.10 Å². The van der Waals surface area contributed by atoms with E-state index >= 15 is 0 Å². The van der Waals surface area contributed by atoms with E-state index in [1.165, 1.54) is 0 Å². The highest BCUT2D eigenvalue weighted by molar-refractivity contribution is 5.49. The number of anilines is 2. The summed E-state index contributed by atoms with van der Waals surface area (Å²) in [6.45, 7) is 8.27. The molecular weight excluding hydrogens is 354 g/mol. The summed E-state index contributed by atoms with van der Waals surface area (Å²) in [6, 6.07) is 2.40. The van der Waals surface area contributed by atoms with E-state index in [4.69, 9.17) is 4.74 Å². The van der Waals surface area contributed by atoms with E-state index in [0.717, 1.165) is 63.6 Å². The lowest BCUT2D eigenvalue weighted by Gasteiger charge is -2.35. The Bertz CT molecular complexity index is 728. The summed E-state index contributed by atoms with van der Waals surface area (Å²) in [5, 5.41) is 11.6. The fourth-order valence-corrected chi connectivity index (χ4v) is 4.34. The summed E-state index contributed by atoms with van der Waals surface area (Å²) >= 11 is 0. The van der Waals surface area contributed by atoms with E-state index in [9.17, 15) is 0 Å². The van der Waals surface area contributed by atoms with Gasteiger partial charge in [0, 0.05) is 38.5 Å². The Morgan fingerprint density at radius 3 is 2.82 bits per heavy atom. The molecule has 2 aliphatic heterocycles. The monoisotopic (exact) mass is 385 g/mol. The van der Waals surface area contributed by atoms with Crippen LogP contribution < -0.4 is 10.2 Å². The van der Waals surface area contributed by atoms with Gasteiger partial charge in [0.1, 0.15) is 18.0 Å². The number of nitrogens with zero attached hydrogens (tertiary/aromatic N) is 6. The van der Waals surface area contributed by atoms with Gasteiger partial charge in [0.05, 0.1) is 18.3 Å². The molecule has 2 atom stereocenters. The summed E-state index contributed by atoms with van der Waals surface area (Å²) in [4.78, 5) is 11.4. The highest BCUT2D eigenvalue weighted by atomic mass is 16.5. The Labute approximate surface area is 166 Å². The number of aromatic nitrogens is 5. The first-order chi connectivity index (χ1) is 13.7. The molecule has 28 heavy (non-hydrogen) atoms. The molecule has 2 aromatic rings. The molecule has 152 valence electrons. The molecule has 0 bridgehead atoms. The maximum Gasteiger partial charge on any atom is 0.134 e. The molecule has 2 fully saturated rings. The second-order valence-corrected chi connectivity index (χ2v) is 8.29. The van der Waals surface area contributed by atoms with E-state index in [0.29, 0.717) is 17.9 Å². The summed E-state index contributed by atoms with van der Waals surface area (Å²) < 4.78 is 7.93. The molecule has 0 unspecified atom stereocenters. The van der Waals surface area contributed by atoms with Crippen molar-refractivity contribution in [2.45, 2.75) is 58.2 Å². The summed E-state index contributed by atoms with van der Waals surface area (Å²) in [7, 11) is 0. The zero-order valence-electron chi connectivity index (χ0n) is 16.9. The van der Waals surface area contributed by atoms with Crippen LogP contribution in [0.2, 0.25) is 0 Å². The van der Waals surface area contributed by atoms with Crippen molar-refractivity contribution >= 4 is 11.6 Å². The second kappa shape index (κ2) is 8.86. The summed E-state index contributed by atoms with van der Waals surface area (Å²) in [5.41, 5.74) is 0. The number of hydrogen-bond acceptors (Lipinski definition) is 7. The molecule has 0 aromatic carbocycles. The van der Waals surface area contributed by atoms with Gasteiger partial charge in [0.2, 0.25) is 0 Å². The molecular formula is C20H31N7O. The highest BCUT2D eigenvalue weighted by Gasteiger charge is 2.29. The quantitative estimate of drug-likeness (QED) is 0.818. The van der Waals surface area contributed by atoms with Crippen molar-refractivity contribution in [3.8, 4) is 0 Å². The number of ether oxygens (including phenoxy) is 1. The van der Waals surface area contributed by atoms with Gasteiger partial charge >= 0.3 is 0 Å². The van der Waals surface area contributed by atoms with Crippen LogP contribution in [0.5, 0.6) is 0 Å². The largest absolute Gasteiger partial charge is 0.376 e. The number of piperidine rings is 1. The van der Waals surface area contributed by atoms with Crippen LogP contribution in [0, 0.1) is 11.8 Å². The van der Waals surface area contributed by atoms with E-state index < -0.39 is 0 Å². The molecule has 8 nitrogen and oxygen atoms in total. The molecule has 8 heteroatoms. The summed E-state index contributed by atoms with van der Waals surface area (Å²) in [5.74, 6) is 3.04. The van der Waals surface area contributed by atoms with Crippen molar-refractivity contribution in [3.63, 3.8) is 0 Å². The van der Waals surface area contributed by atoms with Gasteiger partial charge in [-0.25, -0.2) is 9.97 Å². The molecule has 0 spiro atoms. The minimum atomic E-state index is 0.236. The predicted molar refractivity (Wildman–Crippen MR) is 108 cm³/mol. The van der Waals surface area contributed by atoms with E-state index in [1.54, 1.807) is 12.5 Å². The van der Waals surface area contributed by atoms with Crippen LogP contribution in [-0.4, -0.2) is 56.8 Å². The zero-order chi connectivity index (χ0) is 19.3. The first-order valence-corrected chi connectivity index (χ1v) is 10.5. The molecule has 0 amide bonds. The molecule has 4 rings (SSSR count). The lowest BCUT2D eigenvalue weighted by molar-refractivity contribution is -0.0203. The molecule has 4 heterocycles. The molecule has 2 aromatic heterocycles. The zero-order valence-corrected chi connectivity index (χ0v) is 16.9. The van der Waals surface area contributed by atoms with Gasteiger partial charge < -0.3 is 15.0 Å². The minimum absolute atomic E-state index is 0.236. The van der Waals surface area contributed by atoms with Crippen molar-refractivity contribution in [2.75, 3.05) is 29.9 Å². The van der Waals surface area contributed by atoms with Crippen LogP contribution in [0.4, 0.5) is 11.6 Å². The van der Waals surface area contributed by atoms with Crippen molar-refractivity contribution in [1.29, 1.82) is 0 Å².